The summed E-state index contributed by atoms with van der Waals surface area (Å²) in [6.07, 6.45) is 1.22. The van der Waals surface area contributed by atoms with Gasteiger partial charge in [-0.1, -0.05) is 13.8 Å². The SMILES string of the molecule is CC1CN(c2n[nH]c(C3CC3(C)C)n2)CC(C)N1. The van der Waals surface area contributed by atoms with Crippen molar-refractivity contribution >= 4 is 5.95 Å². The highest BCUT2D eigenvalue weighted by molar-refractivity contribution is 5.32. The van der Waals surface area contributed by atoms with E-state index in [1.165, 1.54) is 6.42 Å². The van der Waals surface area contributed by atoms with Gasteiger partial charge in [0.25, 0.3) is 0 Å². The second-order valence-electron chi connectivity index (χ2n) is 6.64. The van der Waals surface area contributed by atoms with Crippen LogP contribution in [0.25, 0.3) is 0 Å². The molecular weight excluding hydrogens is 226 g/mol. The van der Waals surface area contributed by atoms with E-state index in [9.17, 15) is 0 Å². The van der Waals surface area contributed by atoms with Gasteiger partial charge in [-0.25, -0.2) is 0 Å². The zero-order chi connectivity index (χ0) is 12.9. The lowest BCUT2D eigenvalue weighted by Gasteiger charge is -2.35. The molecule has 1 saturated carbocycles. The second kappa shape index (κ2) is 3.95. The molecule has 3 atom stereocenters. The van der Waals surface area contributed by atoms with Crippen LogP contribution in [0.1, 0.15) is 45.9 Å². The molecule has 18 heavy (non-hydrogen) atoms. The van der Waals surface area contributed by atoms with Gasteiger partial charge in [0.15, 0.2) is 0 Å². The number of nitrogens with one attached hydrogen (secondary N) is 2. The second-order valence-corrected chi connectivity index (χ2v) is 6.64. The van der Waals surface area contributed by atoms with Gasteiger partial charge < -0.3 is 10.2 Å². The van der Waals surface area contributed by atoms with E-state index in [-0.39, 0.29) is 0 Å². The first-order valence-electron chi connectivity index (χ1n) is 6.89. The van der Waals surface area contributed by atoms with Crippen molar-refractivity contribution in [1.82, 2.24) is 20.5 Å². The molecule has 5 nitrogen and oxygen atoms in total. The van der Waals surface area contributed by atoms with Crippen molar-refractivity contribution in [2.75, 3.05) is 18.0 Å². The fourth-order valence-corrected chi connectivity index (χ4v) is 2.99. The summed E-state index contributed by atoms with van der Waals surface area (Å²) < 4.78 is 0. The first-order chi connectivity index (χ1) is 8.45. The predicted molar refractivity (Wildman–Crippen MR) is 71.8 cm³/mol. The van der Waals surface area contributed by atoms with Gasteiger partial charge in [-0.3, -0.25) is 5.10 Å². The Morgan fingerprint density at radius 1 is 1.22 bits per heavy atom. The van der Waals surface area contributed by atoms with E-state index >= 15 is 0 Å². The topological polar surface area (TPSA) is 56.8 Å². The van der Waals surface area contributed by atoms with Crippen LogP contribution in [0.15, 0.2) is 0 Å². The van der Waals surface area contributed by atoms with Gasteiger partial charge in [0.05, 0.1) is 0 Å². The normalized spacial score (nSPS) is 34.7. The van der Waals surface area contributed by atoms with E-state index in [0.717, 1.165) is 24.9 Å². The number of anilines is 1. The van der Waals surface area contributed by atoms with Crippen LogP contribution in [0, 0.1) is 5.41 Å². The monoisotopic (exact) mass is 249 g/mol. The summed E-state index contributed by atoms with van der Waals surface area (Å²) in [5, 5.41) is 11.1. The lowest BCUT2D eigenvalue weighted by molar-refractivity contribution is 0.403. The highest BCUT2D eigenvalue weighted by Gasteiger charge is 2.48. The first-order valence-corrected chi connectivity index (χ1v) is 6.89. The third-order valence-corrected chi connectivity index (χ3v) is 4.17. The maximum atomic E-state index is 4.69. The van der Waals surface area contributed by atoms with Crippen molar-refractivity contribution < 1.29 is 0 Å². The van der Waals surface area contributed by atoms with Crippen LogP contribution in [-0.2, 0) is 0 Å². The van der Waals surface area contributed by atoms with Crippen LogP contribution in [0.3, 0.4) is 0 Å². The maximum absolute atomic E-state index is 4.69. The molecule has 0 spiro atoms. The first kappa shape index (κ1) is 12.0. The van der Waals surface area contributed by atoms with Crippen LogP contribution in [-0.4, -0.2) is 40.4 Å². The van der Waals surface area contributed by atoms with E-state index in [1.807, 2.05) is 0 Å². The van der Waals surface area contributed by atoms with Crippen molar-refractivity contribution in [2.45, 2.75) is 52.1 Å². The zero-order valence-electron chi connectivity index (χ0n) is 11.7. The molecule has 2 aliphatic rings. The van der Waals surface area contributed by atoms with Crippen molar-refractivity contribution in [3.63, 3.8) is 0 Å². The average Bonchev–Trinajstić information content (AvgIpc) is 2.75. The van der Waals surface area contributed by atoms with Gasteiger partial charge in [0.1, 0.15) is 5.82 Å². The molecule has 1 saturated heterocycles. The molecular formula is C13H23N5. The summed E-state index contributed by atoms with van der Waals surface area (Å²) in [6.45, 7) is 11.0. The summed E-state index contributed by atoms with van der Waals surface area (Å²) in [4.78, 5) is 6.97. The van der Waals surface area contributed by atoms with Crippen molar-refractivity contribution in [1.29, 1.82) is 0 Å². The number of hydrogen-bond acceptors (Lipinski definition) is 4. The fraction of sp³-hybridized carbons (Fsp3) is 0.846. The highest BCUT2D eigenvalue weighted by Crippen LogP contribution is 2.57. The molecule has 0 bridgehead atoms. The van der Waals surface area contributed by atoms with Crippen LogP contribution < -0.4 is 10.2 Å². The summed E-state index contributed by atoms with van der Waals surface area (Å²) in [6, 6.07) is 0.987. The Labute approximate surface area is 108 Å². The predicted octanol–water partition coefficient (Wildman–Crippen LogP) is 1.50. The molecule has 0 amide bonds. The maximum Gasteiger partial charge on any atom is 0.244 e. The van der Waals surface area contributed by atoms with Gasteiger partial charge in [-0.2, -0.15) is 4.98 Å². The molecule has 0 aromatic carbocycles. The molecule has 1 aliphatic carbocycles. The third kappa shape index (κ3) is 2.11. The quantitative estimate of drug-likeness (QED) is 0.834. The number of hydrogen-bond donors (Lipinski definition) is 2. The van der Waals surface area contributed by atoms with Gasteiger partial charge in [-0.05, 0) is 25.7 Å². The van der Waals surface area contributed by atoms with Gasteiger partial charge in [0.2, 0.25) is 5.95 Å². The number of piperazine rings is 1. The molecule has 0 radical (unpaired) electrons. The van der Waals surface area contributed by atoms with Crippen LogP contribution in [0.2, 0.25) is 0 Å². The van der Waals surface area contributed by atoms with Crippen LogP contribution >= 0.6 is 0 Å². The molecule has 1 aromatic rings. The van der Waals surface area contributed by atoms with E-state index < -0.39 is 0 Å². The summed E-state index contributed by atoms with van der Waals surface area (Å²) in [7, 11) is 0. The minimum absolute atomic E-state index is 0.404. The number of aromatic nitrogens is 3. The van der Waals surface area contributed by atoms with Crippen LogP contribution in [0.4, 0.5) is 5.95 Å². The third-order valence-electron chi connectivity index (χ3n) is 4.17. The van der Waals surface area contributed by atoms with E-state index in [1.54, 1.807) is 0 Å². The summed E-state index contributed by atoms with van der Waals surface area (Å²) in [5.74, 6) is 2.50. The Morgan fingerprint density at radius 2 is 1.83 bits per heavy atom. The van der Waals surface area contributed by atoms with E-state index in [0.29, 0.717) is 23.4 Å². The summed E-state index contributed by atoms with van der Waals surface area (Å²) >= 11 is 0. The average molecular weight is 249 g/mol. The van der Waals surface area contributed by atoms with E-state index in [2.05, 4.69) is 48.1 Å². The Morgan fingerprint density at radius 3 is 2.39 bits per heavy atom. The molecule has 5 heteroatoms. The van der Waals surface area contributed by atoms with Gasteiger partial charge in [-0.15, -0.1) is 5.10 Å². The molecule has 1 aromatic heterocycles. The van der Waals surface area contributed by atoms with Gasteiger partial charge in [0, 0.05) is 31.1 Å². The van der Waals surface area contributed by atoms with Crippen molar-refractivity contribution in [2.24, 2.45) is 5.41 Å². The molecule has 3 unspecified atom stereocenters. The molecule has 2 fully saturated rings. The summed E-state index contributed by atoms with van der Waals surface area (Å²) in [5.41, 5.74) is 0.404. The minimum atomic E-state index is 0.404. The van der Waals surface area contributed by atoms with Crippen molar-refractivity contribution in [3.05, 3.63) is 5.82 Å². The molecule has 3 rings (SSSR count). The fourth-order valence-electron chi connectivity index (χ4n) is 2.99. The Hall–Kier alpha value is -1.10. The standard InChI is InChI=1S/C13H23N5/c1-8-6-18(7-9(2)14-8)12-15-11(16-17-12)10-5-13(10,3)4/h8-10,14H,5-7H2,1-4H3,(H,15,16,17). The lowest BCUT2D eigenvalue weighted by Crippen LogP contribution is -2.54. The largest absolute Gasteiger partial charge is 0.336 e. The number of H-pyrrole nitrogens is 1. The zero-order valence-corrected chi connectivity index (χ0v) is 11.7. The van der Waals surface area contributed by atoms with Gasteiger partial charge >= 0.3 is 0 Å². The number of nitrogens with zero attached hydrogens (tertiary/aromatic N) is 3. The smallest absolute Gasteiger partial charge is 0.244 e. The molecule has 100 valence electrons. The Kier molecular flexibility index (Phi) is 2.62. The lowest BCUT2D eigenvalue weighted by atomic mass is 10.1. The van der Waals surface area contributed by atoms with Crippen molar-refractivity contribution in [3.8, 4) is 0 Å². The van der Waals surface area contributed by atoms with Crippen LogP contribution in [0.5, 0.6) is 0 Å². The Balaban J connectivity index is 1.73. The molecule has 2 N–H and O–H groups in total. The molecule has 1 aliphatic heterocycles. The minimum Gasteiger partial charge on any atom is -0.336 e. The number of rotatable bonds is 2. The highest BCUT2D eigenvalue weighted by atomic mass is 15.4. The van der Waals surface area contributed by atoms with E-state index in [4.69, 9.17) is 4.98 Å². The Bertz CT molecular complexity index is 428. The molecule has 2 heterocycles. The number of aromatic amines is 1.